The van der Waals surface area contributed by atoms with Crippen LogP contribution in [0.3, 0.4) is 0 Å². The topological polar surface area (TPSA) is 41.6 Å². The molecule has 4 nitrogen and oxygen atoms in total. The summed E-state index contributed by atoms with van der Waals surface area (Å²) >= 11 is 0. The molecule has 1 atom stereocenters. The molecule has 1 aliphatic heterocycles. The van der Waals surface area contributed by atoms with Gasteiger partial charge in [0.25, 0.3) is 0 Å². The summed E-state index contributed by atoms with van der Waals surface area (Å²) in [5.41, 5.74) is 1.99. The standard InChI is InChI=1S/C17H24N2O2/c1-13(14-6-4-8-16(11-14)21-3)10-17(20)19-9-5-7-15(19)12-18-2/h4,6,8,10-11,15,18H,5,7,9,12H2,1-3H3/b13-10+. The van der Waals surface area contributed by atoms with Crippen molar-refractivity contribution in [2.75, 3.05) is 27.2 Å². The van der Waals surface area contributed by atoms with Crippen molar-refractivity contribution in [1.29, 1.82) is 0 Å². The molecular weight excluding hydrogens is 264 g/mol. The molecule has 1 saturated heterocycles. The number of likely N-dealkylation sites (tertiary alicyclic amines) is 1. The maximum Gasteiger partial charge on any atom is 0.247 e. The van der Waals surface area contributed by atoms with Crippen LogP contribution in [-0.2, 0) is 4.79 Å². The Morgan fingerprint density at radius 3 is 3.05 bits per heavy atom. The highest BCUT2D eigenvalue weighted by atomic mass is 16.5. The van der Waals surface area contributed by atoms with Crippen molar-refractivity contribution in [3.05, 3.63) is 35.9 Å². The number of nitrogens with one attached hydrogen (secondary N) is 1. The first-order valence-electron chi connectivity index (χ1n) is 7.43. The third kappa shape index (κ3) is 3.85. The Kier molecular flexibility index (Phi) is 5.39. The summed E-state index contributed by atoms with van der Waals surface area (Å²) in [5, 5.41) is 3.16. The van der Waals surface area contributed by atoms with Crippen LogP contribution < -0.4 is 10.1 Å². The average Bonchev–Trinajstić information content (AvgIpc) is 2.96. The molecule has 1 heterocycles. The number of carbonyl (C=O) groups excluding carboxylic acids is 1. The third-order valence-corrected chi connectivity index (χ3v) is 3.97. The summed E-state index contributed by atoms with van der Waals surface area (Å²) in [7, 11) is 3.58. The van der Waals surface area contributed by atoms with E-state index in [1.54, 1.807) is 13.2 Å². The Balaban J connectivity index is 2.12. The number of carbonyl (C=O) groups is 1. The molecule has 4 heteroatoms. The highest BCUT2D eigenvalue weighted by Gasteiger charge is 2.26. The van der Waals surface area contributed by atoms with Gasteiger partial charge in [-0.15, -0.1) is 0 Å². The molecule has 114 valence electrons. The number of likely N-dealkylation sites (N-methyl/N-ethyl adjacent to an activating group) is 1. The fourth-order valence-electron chi connectivity index (χ4n) is 2.79. The molecule has 1 aromatic rings. The molecule has 1 aromatic carbocycles. The zero-order valence-electron chi connectivity index (χ0n) is 13.1. The third-order valence-electron chi connectivity index (χ3n) is 3.97. The van der Waals surface area contributed by atoms with Crippen LogP contribution >= 0.6 is 0 Å². The van der Waals surface area contributed by atoms with Gasteiger partial charge in [0, 0.05) is 25.2 Å². The number of hydrogen-bond donors (Lipinski definition) is 1. The van der Waals surface area contributed by atoms with E-state index < -0.39 is 0 Å². The second-order valence-corrected chi connectivity index (χ2v) is 5.44. The van der Waals surface area contributed by atoms with Gasteiger partial charge < -0.3 is 15.0 Å². The van der Waals surface area contributed by atoms with Crippen LogP contribution in [0.5, 0.6) is 5.75 Å². The summed E-state index contributed by atoms with van der Waals surface area (Å²) in [6.07, 6.45) is 3.91. The minimum absolute atomic E-state index is 0.105. The summed E-state index contributed by atoms with van der Waals surface area (Å²) in [5.74, 6) is 0.912. The monoisotopic (exact) mass is 288 g/mol. The zero-order valence-corrected chi connectivity index (χ0v) is 13.1. The number of allylic oxidation sites excluding steroid dienone is 1. The van der Waals surface area contributed by atoms with Gasteiger partial charge in [0.1, 0.15) is 5.75 Å². The molecule has 1 N–H and O–H groups in total. The molecule has 0 radical (unpaired) electrons. The summed E-state index contributed by atoms with van der Waals surface area (Å²) in [6.45, 7) is 3.68. The second kappa shape index (κ2) is 7.27. The van der Waals surface area contributed by atoms with Crippen LogP contribution in [0.1, 0.15) is 25.3 Å². The molecule has 0 bridgehead atoms. The number of methoxy groups -OCH3 is 1. The Hall–Kier alpha value is -1.81. The fourth-order valence-corrected chi connectivity index (χ4v) is 2.79. The SMILES string of the molecule is CNCC1CCCN1C(=O)/C=C(\C)c1cccc(OC)c1. The lowest BCUT2D eigenvalue weighted by Gasteiger charge is -2.23. The fraction of sp³-hybridized carbons (Fsp3) is 0.471. The minimum atomic E-state index is 0.105. The first-order valence-corrected chi connectivity index (χ1v) is 7.43. The van der Waals surface area contributed by atoms with Crippen LogP contribution in [0.25, 0.3) is 5.57 Å². The van der Waals surface area contributed by atoms with Gasteiger partial charge in [-0.25, -0.2) is 0 Å². The van der Waals surface area contributed by atoms with E-state index in [1.165, 1.54) is 0 Å². The second-order valence-electron chi connectivity index (χ2n) is 5.44. The maximum atomic E-state index is 12.5. The number of amides is 1. The number of benzene rings is 1. The molecule has 0 spiro atoms. The molecule has 2 rings (SSSR count). The summed E-state index contributed by atoms with van der Waals surface area (Å²) < 4.78 is 5.23. The summed E-state index contributed by atoms with van der Waals surface area (Å²) in [4.78, 5) is 14.4. The van der Waals surface area contributed by atoms with Gasteiger partial charge in [-0.1, -0.05) is 12.1 Å². The lowest BCUT2D eigenvalue weighted by molar-refractivity contribution is -0.126. The van der Waals surface area contributed by atoms with E-state index in [0.717, 1.165) is 42.8 Å². The first kappa shape index (κ1) is 15.6. The van der Waals surface area contributed by atoms with Gasteiger partial charge in [0.05, 0.1) is 7.11 Å². The number of ether oxygens (including phenoxy) is 1. The molecule has 0 aromatic heterocycles. The molecule has 1 unspecified atom stereocenters. The Labute approximate surface area is 126 Å². The summed E-state index contributed by atoms with van der Waals surface area (Å²) in [6, 6.07) is 8.11. The molecule has 1 aliphatic rings. The van der Waals surface area contributed by atoms with Crippen molar-refractivity contribution in [3.8, 4) is 5.75 Å². The van der Waals surface area contributed by atoms with Crippen LogP contribution in [0.4, 0.5) is 0 Å². The van der Waals surface area contributed by atoms with E-state index in [2.05, 4.69) is 5.32 Å². The first-order chi connectivity index (χ1) is 10.2. The highest BCUT2D eigenvalue weighted by molar-refractivity contribution is 5.95. The van der Waals surface area contributed by atoms with Crippen molar-refractivity contribution in [3.63, 3.8) is 0 Å². The van der Waals surface area contributed by atoms with Crippen molar-refractivity contribution in [2.45, 2.75) is 25.8 Å². The molecule has 1 amide bonds. The lowest BCUT2D eigenvalue weighted by atomic mass is 10.1. The quantitative estimate of drug-likeness (QED) is 0.845. The smallest absolute Gasteiger partial charge is 0.247 e. The van der Waals surface area contributed by atoms with E-state index in [9.17, 15) is 4.79 Å². The van der Waals surface area contributed by atoms with Gasteiger partial charge in [-0.3, -0.25) is 4.79 Å². The molecule has 21 heavy (non-hydrogen) atoms. The van der Waals surface area contributed by atoms with Gasteiger partial charge in [0.15, 0.2) is 0 Å². The van der Waals surface area contributed by atoms with Gasteiger partial charge >= 0.3 is 0 Å². The average molecular weight is 288 g/mol. The van der Waals surface area contributed by atoms with E-state index >= 15 is 0 Å². The highest BCUT2D eigenvalue weighted by Crippen LogP contribution is 2.22. The normalized spacial score (nSPS) is 18.9. The van der Waals surface area contributed by atoms with Crippen molar-refractivity contribution in [2.24, 2.45) is 0 Å². The van der Waals surface area contributed by atoms with Gasteiger partial charge in [-0.05, 0) is 50.1 Å². The minimum Gasteiger partial charge on any atom is -0.497 e. The molecule has 0 aliphatic carbocycles. The number of hydrogen-bond acceptors (Lipinski definition) is 3. The predicted molar refractivity (Wildman–Crippen MR) is 85.3 cm³/mol. The van der Waals surface area contributed by atoms with Crippen LogP contribution in [0.2, 0.25) is 0 Å². The van der Waals surface area contributed by atoms with Gasteiger partial charge in [0.2, 0.25) is 5.91 Å². The zero-order chi connectivity index (χ0) is 15.2. The van der Waals surface area contributed by atoms with Crippen LogP contribution in [0, 0.1) is 0 Å². The van der Waals surface area contributed by atoms with Crippen molar-refractivity contribution < 1.29 is 9.53 Å². The molecule has 0 saturated carbocycles. The lowest BCUT2D eigenvalue weighted by Crippen LogP contribution is -2.40. The van der Waals surface area contributed by atoms with E-state index in [1.807, 2.05) is 43.1 Å². The number of nitrogens with zero attached hydrogens (tertiary/aromatic N) is 1. The largest absolute Gasteiger partial charge is 0.497 e. The van der Waals surface area contributed by atoms with E-state index in [0.29, 0.717) is 6.04 Å². The van der Waals surface area contributed by atoms with Crippen molar-refractivity contribution >= 4 is 11.5 Å². The maximum absolute atomic E-state index is 12.5. The van der Waals surface area contributed by atoms with Crippen LogP contribution in [0.15, 0.2) is 30.3 Å². The van der Waals surface area contributed by atoms with E-state index in [4.69, 9.17) is 4.74 Å². The van der Waals surface area contributed by atoms with Crippen molar-refractivity contribution in [1.82, 2.24) is 10.2 Å². The Morgan fingerprint density at radius 1 is 1.52 bits per heavy atom. The number of rotatable bonds is 5. The van der Waals surface area contributed by atoms with Gasteiger partial charge in [-0.2, -0.15) is 0 Å². The predicted octanol–water partition coefficient (Wildman–Crippen LogP) is 2.31. The Morgan fingerprint density at radius 2 is 2.33 bits per heavy atom. The van der Waals surface area contributed by atoms with Crippen LogP contribution in [-0.4, -0.2) is 44.1 Å². The molecular formula is C17H24N2O2. The Bertz CT molecular complexity index is 525. The van der Waals surface area contributed by atoms with E-state index in [-0.39, 0.29) is 5.91 Å². The molecule has 1 fully saturated rings.